The van der Waals surface area contributed by atoms with E-state index in [0.717, 1.165) is 24.4 Å². The third kappa shape index (κ3) is 10.2. The summed E-state index contributed by atoms with van der Waals surface area (Å²) in [6.45, 7) is 17.3. The van der Waals surface area contributed by atoms with Crippen molar-refractivity contribution in [1.29, 1.82) is 0 Å². The van der Waals surface area contributed by atoms with Gasteiger partial charge in [0, 0.05) is 0 Å². The van der Waals surface area contributed by atoms with E-state index in [9.17, 15) is 0 Å². The van der Waals surface area contributed by atoms with E-state index in [1.165, 1.54) is 32.6 Å². The van der Waals surface area contributed by atoms with Gasteiger partial charge in [0.05, 0.1) is 0 Å². The van der Waals surface area contributed by atoms with Crippen LogP contribution >= 0.6 is 0 Å². The number of hydrogen-bond donors (Lipinski definition) is 0. The Morgan fingerprint density at radius 3 is 1.21 bits per heavy atom. The van der Waals surface area contributed by atoms with Gasteiger partial charge in [0.1, 0.15) is 0 Å². The normalized spacial score (nSPS) is 12.9. The molecular formula is C17H38OSn. The van der Waals surface area contributed by atoms with Gasteiger partial charge in [0.2, 0.25) is 0 Å². The fraction of sp³-hybridized carbons (Fsp3) is 1.00. The van der Waals surface area contributed by atoms with Crippen molar-refractivity contribution in [3.63, 3.8) is 0 Å². The Kier molecular flexibility index (Phi) is 10.9. The van der Waals surface area contributed by atoms with E-state index in [4.69, 9.17) is 3.07 Å². The van der Waals surface area contributed by atoms with Crippen molar-refractivity contribution in [3.05, 3.63) is 0 Å². The summed E-state index contributed by atoms with van der Waals surface area (Å²) in [7, 11) is 0. The molecular weight excluding hydrogens is 339 g/mol. The summed E-state index contributed by atoms with van der Waals surface area (Å²) in [6, 6.07) is 0. The van der Waals surface area contributed by atoms with Gasteiger partial charge in [0.25, 0.3) is 0 Å². The maximum absolute atomic E-state index is 6.49. The zero-order valence-corrected chi connectivity index (χ0v) is 17.4. The third-order valence-corrected chi connectivity index (χ3v) is 16.8. The molecule has 0 fully saturated rings. The van der Waals surface area contributed by atoms with Crippen molar-refractivity contribution in [1.82, 2.24) is 0 Å². The quantitative estimate of drug-likeness (QED) is 0.395. The van der Waals surface area contributed by atoms with E-state index in [2.05, 4.69) is 48.5 Å². The van der Waals surface area contributed by atoms with Crippen LogP contribution in [0.3, 0.4) is 0 Å². The Labute approximate surface area is 127 Å². The van der Waals surface area contributed by atoms with Crippen LogP contribution in [-0.4, -0.2) is 25.4 Å². The van der Waals surface area contributed by atoms with Crippen molar-refractivity contribution in [2.45, 2.75) is 81.0 Å². The van der Waals surface area contributed by atoms with E-state index in [1.54, 1.807) is 0 Å². The first-order chi connectivity index (χ1) is 8.81. The SMILES string of the molecule is CC[O][Sn]([CH2]CC(C)C)([CH2]CC(C)C)[CH2]CC(C)C. The van der Waals surface area contributed by atoms with Crippen LogP contribution in [0.1, 0.15) is 67.7 Å². The van der Waals surface area contributed by atoms with E-state index in [0.29, 0.717) is 0 Å². The molecule has 0 aromatic heterocycles. The van der Waals surface area contributed by atoms with Crippen LogP contribution in [0.15, 0.2) is 0 Å². The molecule has 0 saturated heterocycles. The molecule has 19 heavy (non-hydrogen) atoms. The summed E-state index contributed by atoms with van der Waals surface area (Å²) in [5, 5.41) is 0. The molecule has 0 radical (unpaired) electrons. The van der Waals surface area contributed by atoms with Gasteiger partial charge < -0.3 is 0 Å². The fourth-order valence-electron chi connectivity index (χ4n) is 2.55. The molecule has 0 heterocycles. The third-order valence-electron chi connectivity index (χ3n) is 3.98. The second-order valence-electron chi connectivity index (χ2n) is 7.41. The predicted octanol–water partition coefficient (Wildman–Crippen LogP) is 6.11. The van der Waals surface area contributed by atoms with Gasteiger partial charge in [0.15, 0.2) is 0 Å². The van der Waals surface area contributed by atoms with Gasteiger partial charge in [-0.15, -0.1) is 0 Å². The monoisotopic (exact) mass is 378 g/mol. The zero-order chi connectivity index (χ0) is 14.9. The molecule has 0 aliphatic rings. The zero-order valence-electron chi connectivity index (χ0n) is 14.6. The van der Waals surface area contributed by atoms with Crippen molar-refractivity contribution < 1.29 is 3.07 Å². The Morgan fingerprint density at radius 2 is 1.00 bits per heavy atom. The van der Waals surface area contributed by atoms with Gasteiger partial charge in [-0.1, -0.05) is 0 Å². The molecule has 0 unspecified atom stereocenters. The minimum absolute atomic E-state index is 0.828. The maximum atomic E-state index is 6.49. The first-order valence-electron chi connectivity index (χ1n) is 8.45. The fourth-order valence-corrected chi connectivity index (χ4v) is 17.1. The summed E-state index contributed by atoms with van der Waals surface area (Å²) in [5.74, 6) is 2.49. The van der Waals surface area contributed by atoms with Crippen LogP contribution in [0.2, 0.25) is 13.3 Å². The molecule has 0 rings (SSSR count). The van der Waals surface area contributed by atoms with E-state index in [1.807, 2.05) is 0 Å². The van der Waals surface area contributed by atoms with E-state index in [-0.39, 0.29) is 0 Å². The molecule has 116 valence electrons. The predicted molar refractivity (Wildman–Crippen MR) is 90.2 cm³/mol. The Balaban J connectivity index is 4.65. The van der Waals surface area contributed by atoms with Gasteiger partial charge in [-0.3, -0.25) is 0 Å². The summed E-state index contributed by atoms with van der Waals surface area (Å²) < 4.78 is 10.8. The van der Waals surface area contributed by atoms with Crippen LogP contribution in [0.4, 0.5) is 0 Å². The first-order valence-corrected chi connectivity index (χ1v) is 15.7. The topological polar surface area (TPSA) is 9.23 Å². The standard InChI is InChI=1S/3C5H11.C2H5O.Sn/c3*1-4-5(2)3;1-2-3;/h3*5H,1,4H2,2-3H3;2H2,1H3;/q;;;-1;+1. The summed E-state index contributed by atoms with van der Waals surface area (Å²) in [6.07, 6.45) is 4.14. The first kappa shape index (κ1) is 19.8. The van der Waals surface area contributed by atoms with Gasteiger partial charge in [-0.2, -0.15) is 0 Å². The van der Waals surface area contributed by atoms with Crippen LogP contribution in [0.5, 0.6) is 0 Å². The second kappa shape index (κ2) is 10.5. The Morgan fingerprint density at radius 1 is 0.684 bits per heavy atom. The van der Waals surface area contributed by atoms with Crippen molar-refractivity contribution >= 4 is 18.8 Å². The molecule has 0 atom stereocenters. The van der Waals surface area contributed by atoms with E-state index < -0.39 is 18.8 Å². The van der Waals surface area contributed by atoms with Gasteiger partial charge in [-0.25, -0.2) is 0 Å². The van der Waals surface area contributed by atoms with Gasteiger partial charge >= 0.3 is 127 Å². The van der Waals surface area contributed by atoms with Crippen LogP contribution < -0.4 is 0 Å². The molecule has 0 aliphatic carbocycles. The molecule has 1 nitrogen and oxygen atoms in total. The molecule has 0 aromatic rings. The number of hydrogen-bond acceptors (Lipinski definition) is 1. The van der Waals surface area contributed by atoms with E-state index >= 15 is 0 Å². The molecule has 0 bridgehead atoms. The molecule has 0 spiro atoms. The average Bonchev–Trinajstić information content (AvgIpc) is 2.31. The van der Waals surface area contributed by atoms with Crippen molar-refractivity contribution in [3.8, 4) is 0 Å². The van der Waals surface area contributed by atoms with Crippen LogP contribution in [0.25, 0.3) is 0 Å². The van der Waals surface area contributed by atoms with Crippen molar-refractivity contribution in [2.75, 3.05) is 6.61 Å². The minimum atomic E-state index is -2.32. The number of rotatable bonds is 11. The molecule has 2 heteroatoms. The second-order valence-corrected chi connectivity index (χ2v) is 19.3. The molecule has 0 N–H and O–H groups in total. The van der Waals surface area contributed by atoms with Gasteiger partial charge in [-0.05, 0) is 0 Å². The summed E-state index contributed by atoms with van der Waals surface area (Å²) in [4.78, 5) is 0. The Bertz CT molecular complexity index is 180. The van der Waals surface area contributed by atoms with Crippen LogP contribution in [-0.2, 0) is 3.07 Å². The molecule has 0 aromatic carbocycles. The summed E-state index contributed by atoms with van der Waals surface area (Å²) in [5.41, 5.74) is 0. The Hall–Kier alpha value is 0.759. The molecule has 0 amide bonds. The average molecular weight is 377 g/mol. The van der Waals surface area contributed by atoms with Crippen molar-refractivity contribution in [2.24, 2.45) is 17.8 Å². The van der Waals surface area contributed by atoms with Crippen LogP contribution in [0, 0.1) is 17.8 Å². The molecule has 0 saturated carbocycles. The summed E-state index contributed by atoms with van der Waals surface area (Å²) >= 11 is -2.32. The molecule has 0 aliphatic heterocycles.